The molecule has 1 atom stereocenters. The van der Waals surface area contributed by atoms with Gasteiger partial charge in [-0.2, -0.15) is 0 Å². The molecule has 20 heavy (non-hydrogen) atoms. The molecule has 0 saturated heterocycles. The van der Waals surface area contributed by atoms with Gasteiger partial charge >= 0.3 is 5.97 Å². The quantitative estimate of drug-likeness (QED) is 0.868. The van der Waals surface area contributed by atoms with E-state index in [2.05, 4.69) is 5.32 Å². The van der Waals surface area contributed by atoms with Crippen LogP contribution in [0.25, 0.3) is 0 Å². The lowest BCUT2D eigenvalue weighted by molar-refractivity contribution is -0.139. The van der Waals surface area contributed by atoms with E-state index in [-0.39, 0.29) is 5.91 Å². The Labute approximate surface area is 119 Å². The first kappa shape index (κ1) is 14.6. The van der Waals surface area contributed by atoms with Crippen LogP contribution >= 0.6 is 0 Å². The Balaban J connectivity index is 1.95. The first-order chi connectivity index (χ1) is 9.66. The Morgan fingerprint density at radius 2 is 1.80 bits per heavy atom. The largest absolute Gasteiger partial charge is 0.480 e. The van der Waals surface area contributed by atoms with Gasteiger partial charge in [0, 0.05) is 5.56 Å². The van der Waals surface area contributed by atoms with Gasteiger partial charge in [0.2, 0.25) is 0 Å². The third-order valence-electron chi connectivity index (χ3n) is 3.93. The summed E-state index contributed by atoms with van der Waals surface area (Å²) in [5.41, 5.74) is 0.502. The highest BCUT2D eigenvalue weighted by Crippen LogP contribution is 2.27. The van der Waals surface area contributed by atoms with Crippen LogP contribution in [0.15, 0.2) is 30.3 Å². The fourth-order valence-electron chi connectivity index (χ4n) is 2.81. The van der Waals surface area contributed by atoms with Crippen molar-refractivity contribution >= 4 is 11.9 Å². The summed E-state index contributed by atoms with van der Waals surface area (Å²) in [6.45, 7) is 0. The second-order valence-corrected chi connectivity index (χ2v) is 5.47. The minimum atomic E-state index is -0.945. The van der Waals surface area contributed by atoms with Gasteiger partial charge < -0.3 is 10.4 Å². The second-order valence-electron chi connectivity index (χ2n) is 5.47. The number of carbonyl (C=O) groups is 2. The molecule has 1 aromatic rings. The number of rotatable bonds is 5. The predicted molar refractivity (Wildman–Crippen MR) is 76.5 cm³/mol. The predicted octanol–water partition coefficient (Wildman–Crippen LogP) is 2.84. The van der Waals surface area contributed by atoms with Gasteiger partial charge in [0.25, 0.3) is 5.91 Å². The minimum Gasteiger partial charge on any atom is -0.480 e. The van der Waals surface area contributed by atoms with Crippen LogP contribution in [0.1, 0.15) is 48.9 Å². The molecule has 1 fully saturated rings. The summed E-state index contributed by atoms with van der Waals surface area (Å²) in [5.74, 6) is -0.838. The van der Waals surface area contributed by atoms with Crippen LogP contribution in [-0.4, -0.2) is 23.0 Å². The van der Waals surface area contributed by atoms with Crippen LogP contribution in [0.5, 0.6) is 0 Å². The molecule has 4 nitrogen and oxygen atoms in total. The fraction of sp³-hybridized carbons (Fsp3) is 0.500. The van der Waals surface area contributed by atoms with Gasteiger partial charge in [0.15, 0.2) is 0 Å². The maximum absolute atomic E-state index is 12.0. The highest BCUT2D eigenvalue weighted by molar-refractivity contribution is 5.96. The van der Waals surface area contributed by atoms with Gasteiger partial charge in [0.05, 0.1) is 0 Å². The number of benzene rings is 1. The van der Waals surface area contributed by atoms with Crippen LogP contribution in [0.4, 0.5) is 0 Å². The van der Waals surface area contributed by atoms with Crippen LogP contribution in [0.2, 0.25) is 0 Å². The maximum atomic E-state index is 12.0. The maximum Gasteiger partial charge on any atom is 0.326 e. The zero-order valence-electron chi connectivity index (χ0n) is 11.5. The molecule has 1 aromatic carbocycles. The molecule has 0 aliphatic heterocycles. The lowest BCUT2D eigenvalue weighted by Crippen LogP contribution is -2.42. The Kier molecular flexibility index (Phi) is 5.16. The molecule has 1 amide bonds. The first-order valence-corrected chi connectivity index (χ1v) is 7.25. The monoisotopic (exact) mass is 275 g/mol. The molecular formula is C16H21NO3. The molecule has 1 saturated carbocycles. The van der Waals surface area contributed by atoms with Crippen LogP contribution in [0.3, 0.4) is 0 Å². The average molecular weight is 275 g/mol. The van der Waals surface area contributed by atoms with Crippen molar-refractivity contribution in [2.75, 3.05) is 0 Å². The Morgan fingerprint density at radius 1 is 1.15 bits per heavy atom. The first-order valence-electron chi connectivity index (χ1n) is 7.25. The lowest BCUT2D eigenvalue weighted by atomic mass is 9.85. The van der Waals surface area contributed by atoms with E-state index in [1.54, 1.807) is 24.3 Å². The normalized spacial score (nSPS) is 17.4. The molecule has 0 unspecified atom stereocenters. The molecule has 2 N–H and O–H groups in total. The summed E-state index contributed by atoms with van der Waals surface area (Å²) in [6.07, 6.45) is 6.27. The molecule has 0 bridgehead atoms. The number of hydrogen-bond acceptors (Lipinski definition) is 2. The van der Waals surface area contributed by atoms with Crippen molar-refractivity contribution in [1.82, 2.24) is 5.32 Å². The molecular weight excluding hydrogens is 254 g/mol. The Hall–Kier alpha value is -1.84. The average Bonchev–Trinajstić information content (AvgIpc) is 2.48. The van der Waals surface area contributed by atoms with Gasteiger partial charge in [-0.3, -0.25) is 4.79 Å². The Bertz CT molecular complexity index is 452. The van der Waals surface area contributed by atoms with E-state index in [1.165, 1.54) is 19.3 Å². The summed E-state index contributed by atoms with van der Waals surface area (Å²) in [6, 6.07) is 7.96. The lowest BCUT2D eigenvalue weighted by Gasteiger charge is -2.25. The molecule has 4 heteroatoms. The minimum absolute atomic E-state index is 0.311. The Morgan fingerprint density at radius 3 is 2.40 bits per heavy atom. The number of carbonyl (C=O) groups excluding carboxylic acids is 1. The van der Waals surface area contributed by atoms with Crippen molar-refractivity contribution in [2.45, 2.75) is 44.6 Å². The molecule has 0 radical (unpaired) electrons. The number of carboxylic acids is 1. The van der Waals surface area contributed by atoms with Crippen molar-refractivity contribution in [1.29, 1.82) is 0 Å². The standard InChI is InChI=1S/C16H21NO3/c18-15(13-9-5-2-6-10-13)17-14(16(19)20)11-12-7-3-1-4-8-12/h2,5-6,9-10,12,14H,1,3-4,7-8,11H2,(H,17,18)(H,19,20)/t14-/m0/s1. The van der Waals surface area contributed by atoms with E-state index in [1.807, 2.05) is 6.07 Å². The summed E-state index contributed by atoms with van der Waals surface area (Å²) >= 11 is 0. The molecule has 0 heterocycles. The van der Waals surface area contributed by atoms with Crippen molar-refractivity contribution in [3.05, 3.63) is 35.9 Å². The molecule has 1 aliphatic carbocycles. The van der Waals surface area contributed by atoms with E-state index in [4.69, 9.17) is 0 Å². The number of aliphatic carboxylic acids is 1. The zero-order valence-corrected chi connectivity index (χ0v) is 11.5. The van der Waals surface area contributed by atoms with Gasteiger partial charge in [-0.1, -0.05) is 50.3 Å². The summed E-state index contributed by atoms with van der Waals surface area (Å²) in [7, 11) is 0. The summed E-state index contributed by atoms with van der Waals surface area (Å²) in [5, 5.41) is 11.9. The van der Waals surface area contributed by atoms with Gasteiger partial charge in [-0.05, 0) is 24.5 Å². The van der Waals surface area contributed by atoms with E-state index < -0.39 is 12.0 Å². The summed E-state index contributed by atoms with van der Waals surface area (Å²) in [4.78, 5) is 23.4. The topological polar surface area (TPSA) is 66.4 Å². The zero-order chi connectivity index (χ0) is 14.4. The molecule has 1 aliphatic rings. The van der Waals surface area contributed by atoms with Crippen molar-refractivity contribution in [2.24, 2.45) is 5.92 Å². The molecule has 0 aromatic heterocycles. The highest BCUT2D eigenvalue weighted by Gasteiger charge is 2.25. The van der Waals surface area contributed by atoms with Gasteiger partial charge in [-0.25, -0.2) is 4.79 Å². The third-order valence-corrected chi connectivity index (χ3v) is 3.93. The smallest absolute Gasteiger partial charge is 0.326 e. The van der Waals surface area contributed by atoms with Crippen molar-refractivity contribution in [3.8, 4) is 0 Å². The number of amides is 1. The van der Waals surface area contributed by atoms with E-state index in [0.717, 1.165) is 12.8 Å². The number of hydrogen-bond donors (Lipinski definition) is 2. The SMILES string of the molecule is O=C(N[C@@H](CC1CCCCC1)C(=O)O)c1ccccc1. The van der Waals surface area contributed by atoms with E-state index >= 15 is 0 Å². The molecule has 108 valence electrons. The highest BCUT2D eigenvalue weighted by atomic mass is 16.4. The van der Waals surface area contributed by atoms with Crippen LogP contribution in [-0.2, 0) is 4.79 Å². The van der Waals surface area contributed by atoms with Crippen LogP contribution < -0.4 is 5.32 Å². The number of carboxylic acid groups (broad SMARTS) is 1. The third kappa shape index (κ3) is 4.08. The molecule has 2 rings (SSSR count). The van der Waals surface area contributed by atoms with E-state index in [9.17, 15) is 14.7 Å². The molecule has 0 spiro atoms. The fourth-order valence-corrected chi connectivity index (χ4v) is 2.81. The van der Waals surface area contributed by atoms with Crippen molar-refractivity contribution < 1.29 is 14.7 Å². The van der Waals surface area contributed by atoms with Gasteiger partial charge in [-0.15, -0.1) is 0 Å². The van der Waals surface area contributed by atoms with Crippen molar-refractivity contribution in [3.63, 3.8) is 0 Å². The van der Waals surface area contributed by atoms with Crippen LogP contribution in [0, 0.1) is 5.92 Å². The van der Waals surface area contributed by atoms with E-state index in [0.29, 0.717) is 17.9 Å². The summed E-state index contributed by atoms with van der Waals surface area (Å²) < 4.78 is 0. The number of nitrogens with one attached hydrogen (secondary N) is 1. The second kappa shape index (κ2) is 7.08. The van der Waals surface area contributed by atoms with Gasteiger partial charge in [0.1, 0.15) is 6.04 Å².